The number of sulfonamides is 1. The average Bonchev–Trinajstić information content (AvgIpc) is 3.18. The fraction of sp³-hybridized carbons (Fsp3) is 0.136. The van der Waals surface area contributed by atoms with Gasteiger partial charge in [0.1, 0.15) is 0 Å². The van der Waals surface area contributed by atoms with Crippen LogP contribution in [0.1, 0.15) is 21.5 Å². The number of aryl methyl sites for hydroxylation is 2. The summed E-state index contributed by atoms with van der Waals surface area (Å²) in [5.41, 5.74) is 3.40. The molecule has 0 saturated carbocycles. The van der Waals surface area contributed by atoms with E-state index in [0.717, 1.165) is 11.1 Å². The van der Waals surface area contributed by atoms with E-state index in [1.165, 1.54) is 18.2 Å². The van der Waals surface area contributed by atoms with Crippen LogP contribution >= 0.6 is 0 Å². The highest BCUT2D eigenvalue weighted by atomic mass is 32.2. The predicted molar refractivity (Wildman–Crippen MR) is 114 cm³/mol. The van der Waals surface area contributed by atoms with Gasteiger partial charge in [0, 0.05) is 17.3 Å². The van der Waals surface area contributed by atoms with Gasteiger partial charge < -0.3 is 14.8 Å². The second-order valence-corrected chi connectivity index (χ2v) is 8.64. The number of hydrogen-bond donors (Lipinski definition) is 2. The summed E-state index contributed by atoms with van der Waals surface area (Å²) in [4.78, 5) is 12.6. The predicted octanol–water partition coefficient (Wildman–Crippen LogP) is 4.09. The average molecular weight is 424 g/mol. The van der Waals surface area contributed by atoms with Gasteiger partial charge >= 0.3 is 0 Å². The molecule has 8 heteroatoms. The second kappa shape index (κ2) is 7.72. The Morgan fingerprint density at radius 3 is 2.43 bits per heavy atom. The third kappa shape index (κ3) is 4.08. The van der Waals surface area contributed by atoms with Gasteiger partial charge in [-0.1, -0.05) is 12.1 Å². The van der Waals surface area contributed by atoms with Gasteiger partial charge in [-0.25, -0.2) is 8.42 Å². The first-order chi connectivity index (χ1) is 14.3. The first kappa shape index (κ1) is 19.8. The van der Waals surface area contributed by atoms with Crippen LogP contribution in [0.5, 0.6) is 11.5 Å². The molecule has 0 aliphatic carbocycles. The molecule has 30 heavy (non-hydrogen) atoms. The van der Waals surface area contributed by atoms with Crippen molar-refractivity contribution < 1.29 is 22.7 Å². The van der Waals surface area contributed by atoms with E-state index in [1.54, 1.807) is 24.3 Å². The summed E-state index contributed by atoms with van der Waals surface area (Å²) in [6, 6.07) is 16.2. The number of carbonyl (C=O) groups excluding carboxylic acids is 1. The molecule has 0 bridgehead atoms. The summed E-state index contributed by atoms with van der Waals surface area (Å²) in [5.74, 6) is 0.637. The number of carbonyl (C=O) groups is 1. The van der Waals surface area contributed by atoms with Crippen LogP contribution in [-0.2, 0) is 10.0 Å². The summed E-state index contributed by atoms with van der Waals surface area (Å²) < 4.78 is 38.6. The minimum absolute atomic E-state index is 0.0205. The Hall–Kier alpha value is -3.52. The maximum atomic E-state index is 12.8. The SMILES string of the molecule is Cc1ccc(NC(=O)c2cccc(S(=O)(=O)Nc3ccc4c(c3)OCO4)c2)cc1C. The Morgan fingerprint density at radius 2 is 1.63 bits per heavy atom. The van der Waals surface area contributed by atoms with E-state index >= 15 is 0 Å². The zero-order valence-corrected chi connectivity index (χ0v) is 17.2. The summed E-state index contributed by atoms with van der Waals surface area (Å²) in [5, 5.41) is 2.80. The van der Waals surface area contributed by atoms with Crippen molar-refractivity contribution in [3.8, 4) is 11.5 Å². The number of rotatable bonds is 5. The molecule has 3 aromatic rings. The highest BCUT2D eigenvalue weighted by Crippen LogP contribution is 2.34. The lowest BCUT2D eigenvalue weighted by Crippen LogP contribution is -2.16. The van der Waals surface area contributed by atoms with Gasteiger partial charge in [-0.05, 0) is 67.4 Å². The van der Waals surface area contributed by atoms with Crippen LogP contribution in [-0.4, -0.2) is 21.1 Å². The van der Waals surface area contributed by atoms with Crippen molar-refractivity contribution in [2.75, 3.05) is 16.8 Å². The molecule has 3 aromatic carbocycles. The molecule has 0 unspecified atom stereocenters. The van der Waals surface area contributed by atoms with E-state index in [1.807, 2.05) is 32.0 Å². The molecule has 0 fully saturated rings. The van der Waals surface area contributed by atoms with E-state index in [9.17, 15) is 13.2 Å². The maximum Gasteiger partial charge on any atom is 0.261 e. The van der Waals surface area contributed by atoms with Crippen molar-refractivity contribution >= 4 is 27.3 Å². The van der Waals surface area contributed by atoms with Gasteiger partial charge in [0.05, 0.1) is 10.6 Å². The molecule has 2 N–H and O–H groups in total. The number of anilines is 2. The molecule has 1 amide bonds. The maximum absolute atomic E-state index is 12.8. The van der Waals surface area contributed by atoms with Crippen LogP contribution < -0.4 is 19.5 Å². The quantitative estimate of drug-likeness (QED) is 0.644. The minimum atomic E-state index is -3.90. The first-order valence-electron chi connectivity index (χ1n) is 9.23. The van der Waals surface area contributed by atoms with Gasteiger partial charge in [0.15, 0.2) is 11.5 Å². The molecule has 1 heterocycles. The van der Waals surface area contributed by atoms with Gasteiger partial charge in [0.2, 0.25) is 6.79 Å². The third-order valence-electron chi connectivity index (χ3n) is 4.80. The monoisotopic (exact) mass is 424 g/mol. The second-order valence-electron chi connectivity index (χ2n) is 6.95. The van der Waals surface area contributed by atoms with Crippen molar-refractivity contribution in [2.45, 2.75) is 18.7 Å². The molecule has 7 nitrogen and oxygen atoms in total. The standard InChI is InChI=1S/C22H20N2O5S/c1-14-6-7-17(10-15(14)2)23-22(25)16-4-3-5-19(11-16)30(26,27)24-18-8-9-20-21(12-18)29-13-28-20/h3-12,24H,13H2,1-2H3,(H,23,25). The zero-order chi connectivity index (χ0) is 21.3. The third-order valence-corrected chi connectivity index (χ3v) is 6.18. The van der Waals surface area contributed by atoms with Crippen LogP contribution in [0, 0.1) is 13.8 Å². The Kier molecular flexibility index (Phi) is 5.09. The number of amides is 1. The molecule has 1 aliphatic rings. The van der Waals surface area contributed by atoms with Crippen molar-refractivity contribution in [1.82, 2.24) is 0 Å². The molecule has 0 radical (unpaired) electrons. The van der Waals surface area contributed by atoms with Crippen molar-refractivity contribution in [2.24, 2.45) is 0 Å². The Bertz CT molecular complexity index is 1240. The summed E-state index contributed by atoms with van der Waals surface area (Å²) in [7, 11) is -3.90. The zero-order valence-electron chi connectivity index (χ0n) is 16.4. The molecular formula is C22H20N2O5S. The van der Waals surface area contributed by atoms with E-state index < -0.39 is 15.9 Å². The smallest absolute Gasteiger partial charge is 0.261 e. The van der Waals surface area contributed by atoms with Crippen LogP contribution in [0.25, 0.3) is 0 Å². The molecule has 154 valence electrons. The van der Waals surface area contributed by atoms with Crippen LogP contribution in [0.4, 0.5) is 11.4 Å². The molecular weight excluding hydrogens is 404 g/mol. The molecule has 4 rings (SSSR count). The lowest BCUT2D eigenvalue weighted by atomic mass is 10.1. The number of nitrogens with one attached hydrogen (secondary N) is 2. The normalized spacial score (nSPS) is 12.5. The first-order valence-corrected chi connectivity index (χ1v) is 10.7. The van der Waals surface area contributed by atoms with Crippen LogP contribution in [0.3, 0.4) is 0 Å². The largest absolute Gasteiger partial charge is 0.454 e. The van der Waals surface area contributed by atoms with Crippen LogP contribution in [0.2, 0.25) is 0 Å². The van der Waals surface area contributed by atoms with E-state index in [0.29, 0.717) is 22.9 Å². The lowest BCUT2D eigenvalue weighted by molar-refractivity contribution is 0.102. The Morgan fingerprint density at radius 1 is 0.867 bits per heavy atom. The minimum Gasteiger partial charge on any atom is -0.454 e. The number of benzene rings is 3. The van der Waals surface area contributed by atoms with E-state index in [4.69, 9.17) is 9.47 Å². The van der Waals surface area contributed by atoms with Gasteiger partial charge in [0.25, 0.3) is 15.9 Å². The molecule has 1 aliphatic heterocycles. The summed E-state index contributed by atoms with van der Waals surface area (Å²) in [6.07, 6.45) is 0. The highest BCUT2D eigenvalue weighted by molar-refractivity contribution is 7.92. The molecule has 0 spiro atoms. The Labute approximate surface area is 174 Å². The number of hydrogen-bond acceptors (Lipinski definition) is 5. The molecule has 0 atom stereocenters. The summed E-state index contributed by atoms with van der Waals surface area (Å²) in [6.45, 7) is 4.05. The fourth-order valence-electron chi connectivity index (χ4n) is 3.00. The fourth-order valence-corrected chi connectivity index (χ4v) is 4.10. The van der Waals surface area contributed by atoms with Crippen molar-refractivity contribution in [3.63, 3.8) is 0 Å². The Balaban J connectivity index is 1.54. The number of ether oxygens (including phenoxy) is 2. The van der Waals surface area contributed by atoms with E-state index in [-0.39, 0.29) is 17.3 Å². The van der Waals surface area contributed by atoms with Gasteiger partial charge in [-0.2, -0.15) is 0 Å². The number of fused-ring (bicyclic) bond motifs is 1. The highest BCUT2D eigenvalue weighted by Gasteiger charge is 2.19. The summed E-state index contributed by atoms with van der Waals surface area (Å²) >= 11 is 0. The van der Waals surface area contributed by atoms with Gasteiger partial charge in [-0.3, -0.25) is 9.52 Å². The van der Waals surface area contributed by atoms with Gasteiger partial charge in [-0.15, -0.1) is 0 Å². The molecule has 0 saturated heterocycles. The van der Waals surface area contributed by atoms with Crippen molar-refractivity contribution in [1.29, 1.82) is 0 Å². The molecule has 0 aromatic heterocycles. The van der Waals surface area contributed by atoms with Crippen LogP contribution in [0.15, 0.2) is 65.6 Å². The van der Waals surface area contributed by atoms with Crippen molar-refractivity contribution in [3.05, 3.63) is 77.4 Å². The topological polar surface area (TPSA) is 93.7 Å². The lowest BCUT2D eigenvalue weighted by Gasteiger charge is -2.11. The van der Waals surface area contributed by atoms with E-state index in [2.05, 4.69) is 10.0 Å².